The highest BCUT2D eigenvalue weighted by atomic mass is 19.1. The minimum atomic E-state index is -0.635. The standard InChI is InChI=1S/C26H35FN6O3/c1-17-9-22(26(35)33-7-4-8-36-21(12-27)16-33)24(23(28)10-17)31-19-5-3-6-32(15-19)25(34)18-11-20(29-2)14-30-13-18/h9-11,13-14,19,21,29,31H,3-8,12,15-16,28H2,1-2H3/t19-,21-/m1/s1. The minimum Gasteiger partial charge on any atom is -0.397 e. The zero-order chi connectivity index (χ0) is 25.7. The van der Waals surface area contributed by atoms with Crippen LogP contribution >= 0.6 is 0 Å². The average molecular weight is 499 g/mol. The van der Waals surface area contributed by atoms with Crippen LogP contribution in [0.25, 0.3) is 0 Å². The van der Waals surface area contributed by atoms with Gasteiger partial charge in [-0.3, -0.25) is 14.6 Å². The van der Waals surface area contributed by atoms with Gasteiger partial charge in [-0.05, 0) is 49.9 Å². The van der Waals surface area contributed by atoms with Gasteiger partial charge in [0.15, 0.2) is 0 Å². The van der Waals surface area contributed by atoms with Gasteiger partial charge in [0.2, 0.25) is 0 Å². The lowest BCUT2D eigenvalue weighted by atomic mass is 10.0. The first-order valence-corrected chi connectivity index (χ1v) is 12.4. The molecular weight excluding hydrogens is 463 g/mol. The summed E-state index contributed by atoms with van der Waals surface area (Å²) in [5.74, 6) is -0.281. The summed E-state index contributed by atoms with van der Waals surface area (Å²) in [5.41, 5.74) is 10.1. The number of aromatic nitrogens is 1. The number of carbonyl (C=O) groups excluding carboxylic acids is 2. The SMILES string of the molecule is CNc1cncc(C(=O)N2CCC[C@@H](Nc3c(N)cc(C)cc3C(=O)N3CCCO[C@H](CF)C3)C2)c1. The second-order valence-corrected chi connectivity index (χ2v) is 9.48. The number of nitrogen functional groups attached to an aromatic ring is 1. The Bertz CT molecular complexity index is 1100. The van der Waals surface area contributed by atoms with E-state index < -0.39 is 12.8 Å². The number of ether oxygens (including phenoxy) is 1. The highest BCUT2D eigenvalue weighted by Crippen LogP contribution is 2.30. The molecule has 2 amide bonds. The molecule has 2 atom stereocenters. The second-order valence-electron chi connectivity index (χ2n) is 9.48. The number of hydrogen-bond acceptors (Lipinski definition) is 7. The van der Waals surface area contributed by atoms with E-state index in [9.17, 15) is 14.0 Å². The van der Waals surface area contributed by atoms with E-state index in [0.717, 1.165) is 24.1 Å². The van der Waals surface area contributed by atoms with E-state index >= 15 is 0 Å². The zero-order valence-corrected chi connectivity index (χ0v) is 20.9. The number of nitrogens with one attached hydrogen (secondary N) is 2. The fourth-order valence-electron chi connectivity index (χ4n) is 4.85. The molecule has 2 saturated heterocycles. The van der Waals surface area contributed by atoms with E-state index in [4.69, 9.17) is 10.5 Å². The summed E-state index contributed by atoms with van der Waals surface area (Å²) in [4.78, 5) is 34.3. The Morgan fingerprint density at radius 1 is 1.14 bits per heavy atom. The van der Waals surface area contributed by atoms with Gasteiger partial charge in [0.25, 0.3) is 11.8 Å². The van der Waals surface area contributed by atoms with Crippen molar-refractivity contribution in [2.75, 3.05) is 62.9 Å². The molecule has 0 bridgehead atoms. The van der Waals surface area contributed by atoms with Crippen LogP contribution in [-0.2, 0) is 4.74 Å². The number of amides is 2. The van der Waals surface area contributed by atoms with E-state index in [2.05, 4.69) is 15.6 Å². The summed E-state index contributed by atoms with van der Waals surface area (Å²) in [6.45, 7) is 3.50. The summed E-state index contributed by atoms with van der Waals surface area (Å²) in [6, 6.07) is 5.36. The third-order valence-electron chi connectivity index (χ3n) is 6.68. The van der Waals surface area contributed by atoms with Crippen LogP contribution in [0.5, 0.6) is 0 Å². The number of likely N-dealkylation sites (tertiary alicyclic amines) is 1. The van der Waals surface area contributed by atoms with Gasteiger partial charge < -0.3 is 30.9 Å². The largest absolute Gasteiger partial charge is 0.397 e. The lowest BCUT2D eigenvalue weighted by molar-refractivity contribution is 0.0342. The van der Waals surface area contributed by atoms with Crippen LogP contribution in [-0.4, -0.2) is 85.3 Å². The maximum absolute atomic E-state index is 13.6. The van der Waals surface area contributed by atoms with Crippen molar-refractivity contribution in [3.8, 4) is 0 Å². The first-order valence-electron chi connectivity index (χ1n) is 12.4. The maximum Gasteiger partial charge on any atom is 0.256 e. The topological polar surface area (TPSA) is 113 Å². The molecular formula is C26H35FN6O3. The molecule has 2 fully saturated rings. The van der Waals surface area contributed by atoms with Crippen molar-refractivity contribution in [2.24, 2.45) is 0 Å². The van der Waals surface area contributed by atoms with Gasteiger partial charge in [-0.25, -0.2) is 4.39 Å². The fraction of sp³-hybridized carbons (Fsp3) is 0.500. The Balaban J connectivity index is 1.53. The number of halogens is 1. The van der Waals surface area contributed by atoms with Crippen molar-refractivity contribution < 1.29 is 18.7 Å². The monoisotopic (exact) mass is 498 g/mol. The number of rotatable bonds is 6. The van der Waals surface area contributed by atoms with Gasteiger partial charge in [0, 0.05) is 58.3 Å². The molecule has 3 heterocycles. The number of benzene rings is 1. The summed E-state index contributed by atoms with van der Waals surface area (Å²) >= 11 is 0. The minimum absolute atomic E-state index is 0.0780. The van der Waals surface area contributed by atoms with Crippen molar-refractivity contribution >= 4 is 28.9 Å². The van der Waals surface area contributed by atoms with Gasteiger partial charge in [-0.1, -0.05) is 0 Å². The number of nitrogens with two attached hydrogens (primary N) is 1. The number of pyridine rings is 1. The van der Waals surface area contributed by atoms with Crippen molar-refractivity contribution in [3.05, 3.63) is 47.3 Å². The molecule has 4 rings (SSSR count). The summed E-state index contributed by atoms with van der Waals surface area (Å²) in [5, 5.41) is 6.47. The van der Waals surface area contributed by atoms with Gasteiger partial charge >= 0.3 is 0 Å². The van der Waals surface area contributed by atoms with Crippen LogP contribution in [0, 0.1) is 6.92 Å². The molecule has 0 unspecified atom stereocenters. The van der Waals surface area contributed by atoms with Gasteiger partial charge in [-0.15, -0.1) is 0 Å². The van der Waals surface area contributed by atoms with Gasteiger partial charge in [0.05, 0.1) is 28.2 Å². The molecule has 0 aliphatic carbocycles. The Morgan fingerprint density at radius 2 is 1.92 bits per heavy atom. The van der Waals surface area contributed by atoms with Gasteiger partial charge in [-0.2, -0.15) is 0 Å². The Labute approximate surface area is 211 Å². The highest BCUT2D eigenvalue weighted by Gasteiger charge is 2.29. The van der Waals surface area contributed by atoms with E-state index in [0.29, 0.717) is 55.2 Å². The lowest BCUT2D eigenvalue weighted by Crippen LogP contribution is -2.45. The molecule has 0 saturated carbocycles. The Kier molecular flexibility index (Phi) is 8.25. The van der Waals surface area contributed by atoms with Crippen LogP contribution in [0.1, 0.15) is 45.5 Å². The number of aryl methyl sites for hydroxylation is 1. The summed E-state index contributed by atoms with van der Waals surface area (Å²) in [7, 11) is 1.79. The molecule has 4 N–H and O–H groups in total. The highest BCUT2D eigenvalue weighted by molar-refractivity contribution is 6.02. The smallest absolute Gasteiger partial charge is 0.256 e. The number of anilines is 3. The van der Waals surface area contributed by atoms with E-state index in [1.807, 2.05) is 24.0 Å². The molecule has 2 aliphatic heterocycles. The number of piperidine rings is 1. The average Bonchev–Trinajstić information content (AvgIpc) is 3.15. The first kappa shape index (κ1) is 25.7. The third kappa shape index (κ3) is 5.87. The van der Waals surface area contributed by atoms with Crippen LogP contribution in [0.2, 0.25) is 0 Å². The predicted molar refractivity (Wildman–Crippen MR) is 138 cm³/mol. The molecule has 2 aliphatic rings. The molecule has 0 spiro atoms. The maximum atomic E-state index is 13.6. The predicted octanol–water partition coefficient (Wildman–Crippen LogP) is 2.93. The molecule has 0 radical (unpaired) electrons. The first-order chi connectivity index (χ1) is 17.4. The number of hydrogen-bond donors (Lipinski definition) is 3. The van der Waals surface area contributed by atoms with Crippen LogP contribution in [0.15, 0.2) is 30.6 Å². The van der Waals surface area contributed by atoms with Crippen LogP contribution < -0.4 is 16.4 Å². The van der Waals surface area contributed by atoms with Crippen molar-refractivity contribution in [1.29, 1.82) is 0 Å². The quantitative estimate of drug-likeness (QED) is 0.525. The van der Waals surface area contributed by atoms with E-state index in [-0.39, 0.29) is 24.4 Å². The number of alkyl halides is 1. The molecule has 2 aromatic rings. The third-order valence-corrected chi connectivity index (χ3v) is 6.68. The van der Waals surface area contributed by atoms with Crippen LogP contribution in [0.4, 0.5) is 21.5 Å². The number of carbonyl (C=O) groups is 2. The van der Waals surface area contributed by atoms with Crippen molar-refractivity contribution in [2.45, 2.75) is 38.3 Å². The molecule has 10 heteroatoms. The molecule has 1 aromatic heterocycles. The van der Waals surface area contributed by atoms with Gasteiger partial charge in [0.1, 0.15) is 12.8 Å². The summed E-state index contributed by atoms with van der Waals surface area (Å²) < 4.78 is 18.8. The Hall–Kier alpha value is -3.40. The van der Waals surface area contributed by atoms with E-state index in [1.165, 1.54) is 0 Å². The number of nitrogens with zero attached hydrogens (tertiary/aromatic N) is 3. The normalized spacial score (nSPS) is 20.5. The fourth-order valence-corrected chi connectivity index (χ4v) is 4.85. The second kappa shape index (κ2) is 11.6. The zero-order valence-electron chi connectivity index (χ0n) is 20.9. The van der Waals surface area contributed by atoms with Crippen LogP contribution in [0.3, 0.4) is 0 Å². The Morgan fingerprint density at radius 3 is 2.69 bits per heavy atom. The summed E-state index contributed by atoms with van der Waals surface area (Å²) in [6.07, 6.45) is 4.92. The lowest BCUT2D eigenvalue weighted by Gasteiger charge is -2.34. The van der Waals surface area contributed by atoms with Crippen molar-refractivity contribution in [1.82, 2.24) is 14.8 Å². The molecule has 1 aromatic carbocycles. The molecule has 194 valence electrons. The van der Waals surface area contributed by atoms with E-state index in [1.54, 1.807) is 30.4 Å². The molecule has 36 heavy (non-hydrogen) atoms. The van der Waals surface area contributed by atoms with Crippen molar-refractivity contribution in [3.63, 3.8) is 0 Å². The molecule has 9 nitrogen and oxygen atoms in total.